The van der Waals surface area contributed by atoms with Crippen LogP contribution in [0.3, 0.4) is 0 Å². The van der Waals surface area contributed by atoms with Gasteiger partial charge in [0.1, 0.15) is 5.00 Å². The Kier molecular flexibility index (Phi) is 4.92. The third-order valence-corrected chi connectivity index (χ3v) is 3.48. The summed E-state index contributed by atoms with van der Waals surface area (Å²) in [5, 5.41) is 0.426. The van der Waals surface area contributed by atoms with Crippen molar-refractivity contribution in [3.8, 4) is 0 Å². The fourth-order valence-corrected chi connectivity index (χ4v) is 2.67. The van der Waals surface area contributed by atoms with Crippen LogP contribution >= 0.6 is 11.3 Å². The van der Waals surface area contributed by atoms with Crippen molar-refractivity contribution in [3.05, 3.63) is 16.0 Å². The molecule has 0 saturated heterocycles. The van der Waals surface area contributed by atoms with E-state index in [1.165, 1.54) is 25.6 Å². The molecule has 0 aliphatic heterocycles. The highest BCUT2D eigenvalue weighted by Crippen LogP contribution is 2.36. The molecule has 1 rings (SSSR count). The molecule has 5 nitrogen and oxygen atoms in total. The Morgan fingerprint density at radius 3 is 2.47 bits per heavy atom. The van der Waals surface area contributed by atoms with Crippen molar-refractivity contribution >= 4 is 22.3 Å². The summed E-state index contributed by atoms with van der Waals surface area (Å²) in [6.07, 6.45) is -0.509. The van der Waals surface area contributed by atoms with E-state index in [-0.39, 0.29) is 0 Å². The van der Waals surface area contributed by atoms with Crippen LogP contribution < -0.4 is 5.73 Å². The van der Waals surface area contributed by atoms with Gasteiger partial charge in [-0.05, 0) is 19.4 Å². The van der Waals surface area contributed by atoms with Crippen molar-refractivity contribution in [2.45, 2.75) is 20.1 Å². The maximum Gasteiger partial charge on any atom is 0.341 e. The van der Waals surface area contributed by atoms with Crippen molar-refractivity contribution in [2.24, 2.45) is 0 Å². The Hall–Kier alpha value is -1.11. The zero-order valence-corrected chi connectivity index (χ0v) is 11.2. The van der Waals surface area contributed by atoms with Crippen LogP contribution in [0.25, 0.3) is 0 Å². The number of nitrogen functional groups attached to an aromatic ring is 1. The first kappa shape index (κ1) is 14.0. The molecule has 2 N–H and O–H groups in total. The molecule has 0 fully saturated rings. The number of methoxy groups -OCH3 is 2. The molecule has 0 saturated carbocycles. The van der Waals surface area contributed by atoms with Crippen molar-refractivity contribution in [3.63, 3.8) is 0 Å². The summed E-state index contributed by atoms with van der Waals surface area (Å²) >= 11 is 1.28. The summed E-state index contributed by atoms with van der Waals surface area (Å²) in [5.41, 5.74) is 6.99. The maximum absolute atomic E-state index is 11.7. The van der Waals surface area contributed by atoms with Gasteiger partial charge < -0.3 is 19.9 Å². The van der Waals surface area contributed by atoms with Gasteiger partial charge in [0, 0.05) is 14.2 Å². The lowest BCUT2D eigenvalue weighted by molar-refractivity contribution is -0.103. The van der Waals surface area contributed by atoms with Crippen LogP contribution in [0.1, 0.15) is 34.0 Å². The number of ether oxygens (including phenoxy) is 3. The van der Waals surface area contributed by atoms with E-state index in [2.05, 4.69) is 0 Å². The predicted molar refractivity (Wildman–Crippen MR) is 66.2 cm³/mol. The van der Waals surface area contributed by atoms with E-state index < -0.39 is 12.3 Å². The third-order valence-electron chi connectivity index (χ3n) is 2.33. The molecule has 6 heteroatoms. The monoisotopic (exact) mass is 259 g/mol. The van der Waals surface area contributed by atoms with Gasteiger partial charge in [0.25, 0.3) is 0 Å². The van der Waals surface area contributed by atoms with E-state index in [0.717, 1.165) is 10.4 Å². The summed E-state index contributed by atoms with van der Waals surface area (Å²) < 4.78 is 15.3. The second kappa shape index (κ2) is 6.00. The Morgan fingerprint density at radius 1 is 1.41 bits per heavy atom. The lowest BCUT2D eigenvalue weighted by Gasteiger charge is -2.12. The van der Waals surface area contributed by atoms with Crippen LogP contribution in [0.2, 0.25) is 0 Å². The van der Waals surface area contributed by atoms with Gasteiger partial charge in [-0.3, -0.25) is 0 Å². The summed E-state index contributed by atoms with van der Waals surface area (Å²) in [6.45, 7) is 3.88. The number of hydrogen-bond donors (Lipinski definition) is 1. The highest BCUT2D eigenvalue weighted by Gasteiger charge is 2.24. The third kappa shape index (κ3) is 2.77. The lowest BCUT2D eigenvalue weighted by Crippen LogP contribution is -2.08. The Morgan fingerprint density at radius 2 is 2.00 bits per heavy atom. The fraction of sp³-hybridized carbons (Fsp3) is 0.545. The number of nitrogens with two attached hydrogens (primary N) is 1. The standard InChI is InChI=1S/C11H17NO4S/c1-5-16-10(13)7-6(2)8(17-9(7)12)11(14-3)15-4/h11H,5,12H2,1-4H3. The van der Waals surface area contributed by atoms with Crippen LogP contribution in [-0.2, 0) is 14.2 Å². The topological polar surface area (TPSA) is 70.8 Å². The van der Waals surface area contributed by atoms with Crippen LogP contribution in [0.4, 0.5) is 5.00 Å². The van der Waals surface area contributed by atoms with Gasteiger partial charge in [-0.1, -0.05) is 0 Å². The van der Waals surface area contributed by atoms with Gasteiger partial charge in [0.15, 0.2) is 6.29 Å². The first-order valence-corrected chi connectivity index (χ1v) is 5.99. The van der Waals surface area contributed by atoms with Gasteiger partial charge in [-0.2, -0.15) is 0 Å². The molecule has 1 heterocycles. The first-order valence-electron chi connectivity index (χ1n) is 5.18. The normalized spacial score (nSPS) is 10.9. The van der Waals surface area contributed by atoms with Gasteiger partial charge >= 0.3 is 5.97 Å². The average molecular weight is 259 g/mol. The van der Waals surface area contributed by atoms with Crippen LogP contribution in [0.15, 0.2) is 0 Å². The quantitative estimate of drug-likeness (QED) is 0.647. The van der Waals surface area contributed by atoms with Crippen molar-refractivity contribution < 1.29 is 19.0 Å². The minimum absolute atomic E-state index is 0.320. The van der Waals surface area contributed by atoms with Gasteiger partial charge in [0.05, 0.1) is 17.0 Å². The van der Waals surface area contributed by atoms with E-state index in [0.29, 0.717) is 17.2 Å². The van der Waals surface area contributed by atoms with Crippen LogP contribution in [0.5, 0.6) is 0 Å². The van der Waals surface area contributed by atoms with E-state index >= 15 is 0 Å². The largest absolute Gasteiger partial charge is 0.462 e. The number of esters is 1. The molecule has 0 aliphatic rings. The molecule has 0 radical (unpaired) electrons. The Bertz CT molecular complexity index is 398. The maximum atomic E-state index is 11.7. The van der Waals surface area contributed by atoms with Gasteiger partial charge in [0.2, 0.25) is 0 Å². The van der Waals surface area contributed by atoms with Gasteiger partial charge in [-0.25, -0.2) is 4.79 Å². The number of thiophene rings is 1. The molecule has 0 bridgehead atoms. The average Bonchev–Trinajstić information content (AvgIpc) is 2.57. The Labute approximate surface area is 104 Å². The molecule has 0 aliphatic carbocycles. The van der Waals surface area contributed by atoms with E-state index in [1.54, 1.807) is 13.8 Å². The zero-order valence-electron chi connectivity index (χ0n) is 10.4. The molecular formula is C11H17NO4S. The second-order valence-corrected chi connectivity index (χ2v) is 4.44. The minimum Gasteiger partial charge on any atom is -0.462 e. The predicted octanol–water partition coefficient (Wildman–Crippen LogP) is 2.11. The SMILES string of the molecule is CCOC(=O)c1c(N)sc(C(OC)OC)c1C. The lowest BCUT2D eigenvalue weighted by atomic mass is 10.1. The number of rotatable bonds is 5. The van der Waals surface area contributed by atoms with Crippen LogP contribution in [0, 0.1) is 6.92 Å². The number of carbonyl (C=O) groups is 1. The molecule has 96 valence electrons. The molecule has 0 atom stereocenters. The second-order valence-electron chi connectivity index (χ2n) is 3.35. The molecule has 0 aromatic carbocycles. The molecule has 1 aromatic rings. The summed E-state index contributed by atoms with van der Waals surface area (Å²) in [7, 11) is 3.07. The molecule has 0 unspecified atom stereocenters. The molecule has 17 heavy (non-hydrogen) atoms. The fourth-order valence-electron chi connectivity index (χ4n) is 1.55. The van der Waals surface area contributed by atoms with Gasteiger partial charge in [-0.15, -0.1) is 11.3 Å². The zero-order chi connectivity index (χ0) is 13.0. The van der Waals surface area contributed by atoms with E-state index in [9.17, 15) is 4.79 Å². The number of hydrogen-bond acceptors (Lipinski definition) is 6. The van der Waals surface area contributed by atoms with Crippen molar-refractivity contribution in [1.29, 1.82) is 0 Å². The van der Waals surface area contributed by atoms with Crippen molar-refractivity contribution in [1.82, 2.24) is 0 Å². The number of carbonyl (C=O) groups excluding carboxylic acids is 1. The van der Waals surface area contributed by atoms with E-state index in [4.69, 9.17) is 19.9 Å². The number of anilines is 1. The molecular weight excluding hydrogens is 242 g/mol. The Balaban J connectivity index is 3.13. The summed E-state index contributed by atoms with van der Waals surface area (Å²) in [6, 6.07) is 0. The summed E-state index contributed by atoms with van der Waals surface area (Å²) in [5.74, 6) is -0.407. The smallest absolute Gasteiger partial charge is 0.341 e. The highest BCUT2D eigenvalue weighted by atomic mass is 32.1. The molecule has 1 aromatic heterocycles. The van der Waals surface area contributed by atoms with Crippen LogP contribution in [-0.4, -0.2) is 26.8 Å². The van der Waals surface area contributed by atoms with Crippen molar-refractivity contribution in [2.75, 3.05) is 26.6 Å². The van der Waals surface area contributed by atoms with E-state index in [1.807, 2.05) is 0 Å². The molecule has 0 spiro atoms. The first-order chi connectivity index (χ1) is 8.06. The minimum atomic E-state index is -0.509. The summed E-state index contributed by atoms with van der Waals surface area (Å²) in [4.78, 5) is 12.5. The highest BCUT2D eigenvalue weighted by molar-refractivity contribution is 7.16. The molecule has 0 amide bonds.